The summed E-state index contributed by atoms with van der Waals surface area (Å²) in [6.45, 7) is 4.01. The van der Waals surface area contributed by atoms with Crippen LogP contribution in [-0.4, -0.2) is 77.3 Å². The molecule has 0 spiro atoms. The third-order valence-corrected chi connectivity index (χ3v) is 7.09. The number of aromatic nitrogens is 2. The van der Waals surface area contributed by atoms with Crippen molar-refractivity contribution >= 4 is 15.7 Å². The first kappa shape index (κ1) is 18.1. The number of carbonyl (C=O) groups is 1. The molecule has 2 aliphatic heterocycles. The minimum absolute atomic E-state index is 0.0306. The topological polar surface area (TPSA) is 83.5 Å². The van der Waals surface area contributed by atoms with Crippen LogP contribution >= 0.6 is 0 Å². The van der Waals surface area contributed by atoms with Gasteiger partial charge in [-0.2, -0.15) is 0 Å². The first-order valence-electron chi connectivity index (χ1n) is 9.11. The number of amides is 1. The van der Waals surface area contributed by atoms with E-state index in [2.05, 4.69) is 14.9 Å². The van der Waals surface area contributed by atoms with Gasteiger partial charge in [-0.3, -0.25) is 9.69 Å². The standard InChI is InChI=1S/C19H22N4O3S/c1-2-22-8-9-23(17-13-27(25,26)12-16(17)22)19(24)15-10-20-18(21-11-15)14-6-4-3-5-7-14/h3-7,10-11,16-17H,2,8-9,12-13H2,1H3/t16-,17+/m0/s1. The van der Waals surface area contributed by atoms with Crippen molar-refractivity contribution in [1.82, 2.24) is 19.8 Å². The highest BCUT2D eigenvalue weighted by Gasteiger charge is 2.47. The van der Waals surface area contributed by atoms with Crippen molar-refractivity contribution in [2.45, 2.75) is 19.0 Å². The molecule has 1 aromatic carbocycles. The molecule has 0 bridgehead atoms. The molecule has 0 saturated carbocycles. The van der Waals surface area contributed by atoms with Gasteiger partial charge in [-0.25, -0.2) is 18.4 Å². The first-order chi connectivity index (χ1) is 13.0. The molecule has 1 amide bonds. The number of likely N-dealkylation sites (N-methyl/N-ethyl adjacent to an activating group) is 1. The second-order valence-corrected chi connectivity index (χ2v) is 9.15. The average molecular weight is 386 g/mol. The molecule has 2 fully saturated rings. The Labute approximate surface area is 159 Å². The lowest BCUT2D eigenvalue weighted by molar-refractivity contribution is 0.0349. The number of rotatable bonds is 3. The van der Waals surface area contributed by atoms with Gasteiger partial charge >= 0.3 is 0 Å². The molecule has 2 saturated heterocycles. The highest BCUT2D eigenvalue weighted by molar-refractivity contribution is 7.91. The summed E-state index contributed by atoms with van der Waals surface area (Å²) in [5, 5.41) is 0. The van der Waals surface area contributed by atoms with Crippen LogP contribution in [0.25, 0.3) is 11.4 Å². The molecule has 2 aliphatic rings. The lowest BCUT2D eigenvalue weighted by Crippen LogP contribution is -2.60. The molecule has 0 aliphatic carbocycles. The van der Waals surface area contributed by atoms with Crippen LogP contribution in [0, 0.1) is 0 Å². The summed E-state index contributed by atoms with van der Waals surface area (Å²) in [4.78, 5) is 25.5. The maximum absolute atomic E-state index is 13.0. The van der Waals surface area contributed by atoms with Gasteiger partial charge < -0.3 is 4.90 Å². The summed E-state index contributed by atoms with van der Waals surface area (Å²) in [6.07, 6.45) is 3.06. The predicted molar refractivity (Wildman–Crippen MR) is 102 cm³/mol. The van der Waals surface area contributed by atoms with Gasteiger partial charge in [0.1, 0.15) is 0 Å². The fourth-order valence-electron chi connectivity index (χ4n) is 4.01. The average Bonchev–Trinajstić information content (AvgIpc) is 3.02. The van der Waals surface area contributed by atoms with E-state index in [1.807, 2.05) is 37.3 Å². The normalized spacial score (nSPS) is 24.6. The van der Waals surface area contributed by atoms with E-state index in [1.54, 1.807) is 4.90 Å². The zero-order chi connectivity index (χ0) is 19.0. The maximum Gasteiger partial charge on any atom is 0.257 e. The molecular weight excluding hydrogens is 364 g/mol. The zero-order valence-electron chi connectivity index (χ0n) is 15.2. The molecule has 27 heavy (non-hydrogen) atoms. The lowest BCUT2D eigenvalue weighted by Gasteiger charge is -2.43. The van der Waals surface area contributed by atoms with Gasteiger partial charge in [0.15, 0.2) is 15.7 Å². The Hall–Kier alpha value is -2.32. The third-order valence-electron chi connectivity index (χ3n) is 5.39. The Balaban J connectivity index is 1.57. The summed E-state index contributed by atoms with van der Waals surface area (Å²) >= 11 is 0. The van der Waals surface area contributed by atoms with Crippen LogP contribution in [0.15, 0.2) is 42.7 Å². The van der Waals surface area contributed by atoms with E-state index in [0.717, 1.165) is 12.1 Å². The highest BCUT2D eigenvalue weighted by Crippen LogP contribution is 2.28. The van der Waals surface area contributed by atoms with Gasteiger partial charge in [0.05, 0.1) is 23.1 Å². The number of fused-ring (bicyclic) bond motifs is 1. The molecular formula is C19H22N4O3S. The summed E-state index contributed by atoms with van der Waals surface area (Å²) in [5.74, 6) is 0.517. The van der Waals surface area contributed by atoms with Crippen molar-refractivity contribution in [3.8, 4) is 11.4 Å². The smallest absolute Gasteiger partial charge is 0.257 e. The van der Waals surface area contributed by atoms with Crippen molar-refractivity contribution in [3.63, 3.8) is 0 Å². The van der Waals surface area contributed by atoms with Crippen molar-refractivity contribution in [2.75, 3.05) is 31.1 Å². The monoisotopic (exact) mass is 386 g/mol. The Kier molecular flexibility index (Phi) is 4.69. The molecule has 3 heterocycles. The first-order valence-corrected chi connectivity index (χ1v) is 10.9. The highest BCUT2D eigenvalue weighted by atomic mass is 32.2. The van der Waals surface area contributed by atoms with Crippen LogP contribution in [0.5, 0.6) is 0 Å². The largest absolute Gasteiger partial charge is 0.332 e. The number of hydrogen-bond acceptors (Lipinski definition) is 6. The fourth-order valence-corrected chi connectivity index (χ4v) is 6.02. The summed E-state index contributed by atoms with van der Waals surface area (Å²) in [5.41, 5.74) is 1.28. The quantitative estimate of drug-likeness (QED) is 0.785. The minimum Gasteiger partial charge on any atom is -0.332 e. The Bertz CT molecular complexity index is 931. The van der Waals surface area contributed by atoms with Gasteiger partial charge in [0.25, 0.3) is 5.91 Å². The molecule has 8 heteroatoms. The van der Waals surface area contributed by atoms with Crippen LogP contribution in [0.4, 0.5) is 0 Å². The Morgan fingerprint density at radius 1 is 1.07 bits per heavy atom. The van der Waals surface area contributed by atoms with E-state index in [4.69, 9.17) is 0 Å². The lowest BCUT2D eigenvalue weighted by atomic mass is 10.0. The van der Waals surface area contributed by atoms with E-state index in [9.17, 15) is 13.2 Å². The van der Waals surface area contributed by atoms with Crippen LogP contribution in [-0.2, 0) is 9.84 Å². The second-order valence-electron chi connectivity index (χ2n) is 7.00. The molecule has 4 rings (SSSR count). The van der Waals surface area contributed by atoms with Gasteiger partial charge in [0, 0.05) is 37.1 Å². The summed E-state index contributed by atoms with van der Waals surface area (Å²) in [7, 11) is -3.13. The second kappa shape index (κ2) is 7.01. The minimum atomic E-state index is -3.13. The van der Waals surface area contributed by atoms with Gasteiger partial charge in [0.2, 0.25) is 0 Å². The van der Waals surface area contributed by atoms with Crippen molar-refractivity contribution < 1.29 is 13.2 Å². The molecule has 1 aromatic heterocycles. The maximum atomic E-state index is 13.0. The van der Waals surface area contributed by atoms with E-state index < -0.39 is 9.84 Å². The molecule has 2 aromatic rings. The van der Waals surface area contributed by atoms with E-state index in [0.29, 0.717) is 24.5 Å². The van der Waals surface area contributed by atoms with E-state index >= 15 is 0 Å². The zero-order valence-corrected chi connectivity index (χ0v) is 16.0. The van der Waals surface area contributed by atoms with Crippen LogP contribution in [0.3, 0.4) is 0 Å². The van der Waals surface area contributed by atoms with Gasteiger partial charge in [-0.05, 0) is 6.54 Å². The SMILES string of the molecule is CCN1CCN(C(=O)c2cnc(-c3ccccc3)nc2)[C@@H]2CS(=O)(=O)C[C@@H]21. The molecule has 0 N–H and O–H groups in total. The summed E-state index contributed by atoms with van der Waals surface area (Å²) < 4.78 is 24.4. The van der Waals surface area contributed by atoms with Crippen molar-refractivity contribution in [1.29, 1.82) is 0 Å². The number of carbonyl (C=O) groups excluding carboxylic acids is 1. The van der Waals surface area contributed by atoms with E-state index in [1.165, 1.54) is 12.4 Å². The number of hydrogen-bond donors (Lipinski definition) is 0. The summed E-state index contributed by atoms with van der Waals surface area (Å²) in [6, 6.07) is 9.14. The molecule has 7 nitrogen and oxygen atoms in total. The molecule has 0 unspecified atom stereocenters. The molecule has 142 valence electrons. The predicted octanol–water partition coefficient (Wildman–Crippen LogP) is 1.09. The van der Waals surface area contributed by atoms with Crippen LogP contribution in [0.1, 0.15) is 17.3 Å². The van der Waals surface area contributed by atoms with Crippen LogP contribution in [0.2, 0.25) is 0 Å². The Morgan fingerprint density at radius 2 is 1.74 bits per heavy atom. The van der Waals surface area contributed by atoms with Crippen molar-refractivity contribution in [3.05, 3.63) is 48.3 Å². The fraction of sp³-hybridized carbons (Fsp3) is 0.421. The van der Waals surface area contributed by atoms with E-state index in [-0.39, 0.29) is 29.5 Å². The van der Waals surface area contributed by atoms with Gasteiger partial charge in [-0.1, -0.05) is 37.3 Å². The van der Waals surface area contributed by atoms with Gasteiger partial charge in [-0.15, -0.1) is 0 Å². The van der Waals surface area contributed by atoms with Crippen LogP contribution < -0.4 is 0 Å². The van der Waals surface area contributed by atoms with Crippen molar-refractivity contribution in [2.24, 2.45) is 0 Å². The number of benzene rings is 1. The Morgan fingerprint density at radius 3 is 2.41 bits per heavy atom. The molecule has 0 radical (unpaired) electrons. The molecule has 2 atom stereocenters. The number of piperazine rings is 1. The third kappa shape index (κ3) is 3.46. The number of sulfone groups is 1. The number of nitrogens with zero attached hydrogens (tertiary/aromatic N) is 4.